The maximum absolute atomic E-state index is 11.6. The summed E-state index contributed by atoms with van der Waals surface area (Å²) in [5.74, 6) is -0.320. The molecule has 0 aromatic heterocycles. The Morgan fingerprint density at radius 2 is 1.82 bits per heavy atom. The number of amides is 4. The van der Waals surface area contributed by atoms with E-state index in [1.807, 2.05) is 19.1 Å². The van der Waals surface area contributed by atoms with Gasteiger partial charge in [0.05, 0.1) is 5.75 Å². The number of urea groups is 1. The Kier molecular flexibility index (Phi) is 8.06. The molecule has 0 aliphatic carbocycles. The van der Waals surface area contributed by atoms with Crippen LogP contribution < -0.4 is 16.0 Å². The average Bonchev–Trinajstić information content (AvgIpc) is 2.46. The number of carbonyl (C=O) groups excluding carboxylic acids is 3. The molecule has 0 saturated carbocycles. The van der Waals surface area contributed by atoms with E-state index >= 15 is 0 Å². The maximum atomic E-state index is 11.6. The minimum atomic E-state index is -0.458. The predicted molar refractivity (Wildman–Crippen MR) is 87.9 cm³/mol. The van der Waals surface area contributed by atoms with Gasteiger partial charge in [-0.3, -0.25) is 14.9 Å². The molecule has 0 aliphatic heterocycles. The lowest BCUT2D eigenvalue weighted by Gasteiger charge is -2.06. The van der Waals surface area contributed by atoms with Crippen molar-refractivity contribution in [2.75, 3.05) is 17.6 Å². The van der Waals surface area contributed by atoms with E-state index in [9.17, 15) is 14.4 Å². The van der Waals surface area contributed by atoms with Crippen molar-refractivity contribution in [2.45, 2.75) is 31.6 Å². The molecule has 4 amide bonds. The fraction of sp³-hybridized carbons (Fsp3) is 0.400. The van der Waals surface area contributed by atoms with E-state index in [0.29, 0.717) is 12.2 Å². The van der Waals surface area contributed by atoms with Crippen molar-refractivity contribution in [3.8, 4) is 0 Å². The Bertz CT molecular complexity index is 517. The second kappa shape index (κ2) is 9.83. The lowest BCUT2D eigenvalue weighted by atomic mass is 10.3. The molecule has 0 heterocycles. The van der Waals surface area contributed by atoms with Crippen molar-refractivity contribution in [3.05, 3.63) is 24.3 Å². The Morgan fingerprint density at radius 3 is 2.41 bits per heavy atom. The number of nitrogens with one attached hydrogen (secondary N) is 3. The van der Waals surface area contributed by atoms with Gasteiger partial charge in [0.25, 0.3) is 0 Å². The van der Waals surface area contributed by atoms with Crippen molar-refractivity contribution in [3.63, 3.8) is 0 Å². The molecule has 22 heavy (non-hydrogen) atoms. The summed E-state index contributed by atoms with van der Waals surface area (Å²) in [4.78, 5) is 34.8. The highest BCUT2D eigenvalue weighted by Crippen LogP contribution is 2.20. The van der Waals surface area contributed by atoms with Gasteiger partial charge in [-0.05, 0) is 30.7 Å². The lowest BCUT2D eigenvalue weighted by Crippen LogP contribution is -2.40. The zero-order chi connectivity index (χ0) is 16.4. The highest BCUT2D eigenvalue weighted by Gasteiger charge is 2.07. The van der Waals surface area contributed by atoms with Crippen LogP contribution >= 0.6 is 11.8 Å². The summed E-state index contributed by atoms with van der Waals surface area (Å²) >= 11 is 1.32. The Labute approximate surface area is 134 Å². The van der Waals surface area contributed by atoms with Crippen molar-refractivity contribution in [1.82, 2.24) is 10.6 Å². The van der Waals surface area contributed by atoms with Gasteiger partial charge in [-0.2, -0.15) is 0 Å². The minimum Gasteiger partial charge on any atom is -0.338 e. The molecular weight excluding hydrogens is 302 g/mol. The maximum Gasteiger partial charge on any atom is 0.321 e. The quantitative estimate of drug-likeness (QED) is 0.531. The van der Waals surface area contributed by atoms with E-state index in [-0.39, 0.29) is 17.6 Å². The third kappa shape index (κ3) is 7.68. The molecule has 0 aliphatic rings. The van der Waals surface area contributed by atoms with Crippen LogP contribution in [-0.2, 0) is 9.59 Å². The molecule has 0 unspecified atom stereocenters. The summed E-state index contributed by atoms with van der Waals surface area (Å²) in [5.41, 5.74) is 0.705. The third-order valence-electron chi connectivity index (χ3n) is 2.61. The molecule has 0 spiro atoms. The molecule has 6 nitrogen and oxygen atoms in total. The van der Waals surface area contributed by atoms with Gasteiger partial charge in [-0.1, -0.05) is 13.3 Å². The van der Waals surface area contributed by atoms with Gasteiger partial charge in [0, 0.05) is 24.1 Å². The summed E-state index contributed by atoms with van der Waals surface area (Å²) in [6.07, 6.45) is 1.87. The summed E-state index contributed by atoms with van der Waals surface area (Å²) in [5, 5.41) is 7.56. The average molecular weight is 323 g/mol. The van der Waals surface area contributed by atoms with Crippen LogP contribution in [0, 0.1) is 0 Å². The molecule has 0 atom stereocenters. The molecule has 1 rings (SSSR count). The number of carbonyl (C=O) groups is 3. The number of imide groups is 1. The minimum absolute atomic E-state index is 0.131. The molecule has 0 saturated heterocycles. The van der Waals surface area contributed by atoms with Crippen molar-refractivity contribution in [1.29, 1.82) is 0 Å². The van der Waals surface area contributed by atoms with Crippen LogP contribution in [0.1, 0.15) is 26.7 Å². The highest BCUT2D eigenvalue weighted by atomic mass is 32.2. The lowest BCUT2D eigenvalue weighted by molar-refractivity contribution is -0.117. The molecule has 3 N–H and O–H groups in total. The van der Waals surface area contributed by atoms with Crippen LogP contribution in [0.25, 0.3) is 0 Å². The van der Waals surface area contributed by atoms with Gasteiger partial charge in [0.15, 0.2) is 0 Å². The number of anilines is 1. The van der Waals surface area contributed by atoms with Crippen molar-refractivity contribution >= 4 is 35.3 Å². The van der Waals surface area contributed by atoms with Gasteiger partial charge < -0.3 is 10.6 Å². The van der Waals surface area contributed by atoms with Crippen LogP contribution in [0.5, 0.6) is 0 Å². The number of thioether (sulfide) groups is 1. The Morgan fingerprint density at radius 1 is 1.14 bits per heavy atom. The van der Waals surface area contributed by atoms with Gasteiger partial charge in [-0.25, -0.2) is 4.79 Å². The molecule has 0 radical (unpaired) electrons. The van der Waals surface area contributed by atoms with Crippen LogP contribution in [0.15, 0.2) is 29.2 Å². The first-order valence-corrected chi connectivity index (χ1v) is 8.08. The smallest absolute Gasteiger partial charge is 0.321 e. The first kappa shape index (κ1) is 18.0. The molecule has 1 aromatic rings. The van der Waals surface area contributed by atoms with E-state index in [0.717, 1.165) is 17.7 Å². The SMILES string of the molecule is CCCCNC(=O)NC(=O)CSc1ccc(NC(C)=O)cc1. The molecule has 0 fully saturated rings. The Hall–Kier alpha value is -2.02. The van der Waals surface area contributed by atoms with E-state index in [2.05, 4.69) is 16.0 Å². The summed E-state index contributed by atoms with van der Waals surface area (Å²) in [7, 11) is 0. The first-order valence-electron chi connectivity index (χ1n) is 7.09. The Balaban J connectivity index is 2.31. The van der Waals surface area contributed by atoms with Gasteiger partial charge in [0.1, 0.15) is 0 Å². The van der Waals surface area contributed by atoms with Gasteiger partial charge in [-0.15, -0.1) is 11.8 Å². The second-order valence-corrected chi connectivity index (χ2v) is 5.70. The van der Waals surface area contributed by atoms with E-state index < -0.39 is 6.03 Å². The van der Waals surface area contributed by atoms with Gasteiger partial charge in [0.2, 0.25) is 11.8 Å². The standard InChI is InChI=1S/C15H21N3O3S/c1-3-4-9-16-15(21)18-14(20)10-22-13-7-5-12(6-8-13)17-11(2)19/h5-8H,3-4,9-10H2,1-2H3,(H,17,19)(H2,16,18,20,21). The van der Waals surface area contributed by atoms with Crippen LogP contribution in [0.3, 0.4) is 0 Å². The predicted octanol–water partition coefficient (Wildman–Crippen LogP) is 2.36. The monoisotopic (exact) mass is 323 g/mol. The van der Waals surface area contributed by atoms with E-state index in [1.165, 1.54) is 18.7 Å². The van der Waals surface area contributed by atoms with Crippen molar-refractivity contribution in [2.24, 2.45) is 0 Å². The van der Waals surface area contributed by atoms with Crippen LogP contribution in [0.4, 0.5) is 10.5 Å². The number of hydrogen-bond acceptors (Lipinski definition) is 4. The molecule has 7 heteroatoms. The van der Waals surface area contributed by atoms with Crippen molar-refractivity contribution < 1.29 is 14.4 Å². The number of hydrogen-bond donors (Lipinski definition) is 3. The van der Waals surface area contributed by atoms with E-state index in [4.69, 9.17) is 0 Å². The largest absolute Gasteiger partial charge is 0.338 e. The molecule has 1 aromatic carbocycles. The fourth-order valence-electron chi connectivity index (χ4n) is 1.57. The van der Waals surface area contributed by atoms with Crippen LogP contribution in [0.2, 0.25) is 0 Å². The summed E-state index contributed by atoms with van der Waals surface area (Å²) in [6.45, 7) is 4.03. The zero-order valence-electron chi connectivity index (χ0n) is 12.8. The third-order valence-corrected chi connectivity index (χ3v) is 3.63. The first-order chi connectivity index (χ1) is 10.5. The normalized spacial score (nSPS) is 9.91. The fourth-order valence-corrected chi connectivity index (χ4v) is 2.27. The molecule has 0 bridgehead atoms. The zero-order valence-corrected chi connectivity index (χ0v) is 13.6. The topological polar surface area (TPSA) is 87.3 Å². The number of rotatable bonds is 7. The number of benzene rings is 1. The van der Waals surface area contributed by atoms with Crippen LogP contribution in [-0.4, -0.2) is 30.1 Å². The number of unbranched alkanes of at least 4 members (excludes halogenated alkanes) is 1. The highest BCUT2D eigenvalue weighted by molar-refractivity contribution is 8.00. The molecular formula is C15H21N3O3S. The summed E-state index contributed by atoms with van der Waals surface area (Å²) < 4.78 is 0. The second-order valence-electron chi connectivity index (χ2n) is 4.65. The van der Waals surface area contributed by atoms with Gasteiger partial charge >= 0.3 is 6.03 Å². The van der Waals surface area contributed by atoms with E-state index in [1.54, 1.807) is 12.1 Å². The summed E-state index contributed by atoms with van der Waals surface area (Å²) in [6, 6.07) is 6.69. The molecule has 120 valence electrons.